The van der Waals surface area contributed by atoms with E-state index in [2.05, 4.69) is 9.73 Å². The molecule has 2 N–H and O–H groups in total. The summed E-state index contributed by atoms with van der Waals surface area (Å²) in [5.41, 5.74) is 1.64. The number of nitrogens with two attached hydrogens (primary N) is 1. The maximum Gasteiger partial charge on any atom is 0.338 e. The Hall–Kier alpha value is -3.48. The second kappa shape index (κ2) is 11.3. The maximum atomic E-state index is 13.0. The minimum Gasteiger partial charge on any atom is -0.466 e. The van der Waals surface area contributed by atoms with Crippen LogP contribution in [0.2, 0.25) is 0 Å². The molecule has 0 bridgehead atoms. The van der Waals surface area contributed by atoms with Gasteiger partial charge < -0.3 is 9.47 Å². The number of carbonyl (C=O) groups excluding carboxylic acids is 3. The van der Waals surface area contributed by atoms with Crippen molar-refractivity contribution < 1.29 is 32.3 Å². The smallest absolute Gasteiger partial charge is 0.338 e. The van der Waals surface area contributed by atoms with E-state index in [1.54, 1.807) is 43.3 Å². The largest absolute Gasteiger partial charge is 0.466 e. The third-order valence-electron chi connectivity index (χ3n) is 4.82. The van der Waals surface area contributed by atoms with Crippen LogP contribution < -0.4 is 5.14 Å². The Labute approximate surface area is 206 Å². The van der Waals surface area contributed by atoms with Gasteiger partial charge in [0.05, 0.1) is 34.8 Å². The van der Waals surface area contributed by atoms with Crippen molar-refractivity contribution in [2.75, 3.05) is 20.3 Å². The van der Waals surface area contributed by atoms with Crippen molar-refractivity contribution in [2.24, 2.45) is 10.1 Å². The number of nitrogens with zero attached hydrogens (tertiary/aromatic N) is 2. The van der Waals surface area contributed by atoms with Crippen LogP contribution >= 0.6 is 11.8 Å². The fraction of sp³-hybridized carbons (Fsp3) is 0.217. The quantitative estimate of drug-likeness (QED) is 0.415. The molecule has 0 radical (unpaired) electrons. The summed E-state index contributed by atoms with van der Waals surface area (Å²) in [5, 5.41) is 5.47. The van der Waals surface area contributed by atoms with E-state index in [-0.39, 0.29) is 23.0 Å². The van der Waals surface area contributed by atoms with Crippen molar-refractivity contribution >= 4 is 50.5 Å². The van der Waals surface area contributed by atoms with Gasteiger partial charge in [0, 0.05) is 12.6 Å². The number of primary sulfonamides is 1. The first-order valence-electron chi connectivity index (χ1n) is 10.4. The summed E-state index contributed by atoms with van der Waals surface area (Å²) in [6.45, 7) is 2.20. The SMILES string of the molecule is CCOC(=O)c1ccc(N=C2S/C(=C/C(=O)OC)C(=O)N2CCc2ccc(S(N)(=O)=O)cc2)cc1. The number of esters is 2. The fourth-order valence-corrected chi connectivity index (χ4v) is 4.54. The van der Waals surface area contributed by atoms with E-state index in [4.69, 9.17) is 9.88 Å². The zero-order valence-corrected chi connectivity index (χ0v) is 20.6. The number of amidine groups is 1. The molecule has 0 aromatic heterocycles. The van der Waals surface area contributed by atoms with Gasteiger partial charge in [-0.15, -0.1) is 0 Å². The Balaban J connectivity index is 1.84. The summed E-state index contributed by atoms with van der Waals surface area (Å²) in [5.74, 6) is -1.53. The number of ether oxygens (including phenoxy) is 2. The number of rotatable bonds is 8. The molecule has 1 aliphatic rings. The highest BCUT2D eigenvalue weighted by Crippen LogP contribution is 2.33. The van der Waals surface area contributed by atoms with Gasteiger partial charge >= 0.3 is 11.9 Å². The number of benzene rings is 2. The molecular formula is C23H23N3O7S2. The molecule has 12 heteroatoms. The van der Waals surface area contributed by atoms with Gasteiger partial charge in [-0.25, -0.2) is 28.1 Å². The standard InChI is InChI=1S/C23H23N3O7S2/c1-3-33-22(29)16-6-8-17(9-7-16)25-23-26(21(28)19(34-23)14-20(27)32-2)13-12-15-4-10-18(11-5-15)35(24,30)31/h4-11,14H,3,12-13H2,1-2H3,(H2,24,30,31)/b19-14+,25-23?. The van der Waals surface area contributed by atoms with Crippen LogP contribution in [0.15, 0.2) is 69.4 Å². The lowest BCUT2D eigenvalue weighted by Gasteiger charge is -2.15. The Morgan fingerprint density at radius 1 is 1.11 bits per heavy atom. The van der Waals surface area contributed by atoms with Crippen molar-refractivity contribution in [1.29, 1.82) is 0 Å². The molecule has 0 spiro atoms. The molecule has 2 aromatic rings. The maximum absolute atomic E-state index is 13.0. The number of thioether (sulfide) groups is 1. The monoisotopic (exact) mass is 517 g/mol. The van der Waals surface area contributed by atoms with Crippen LogP contribution in [0.5, 0.6) is 0 Å². The zero-order valence-electron chi connectivity index (χ0n) is 19.0. The number of aliphatic imine (C=N–C) groups is 1. The molecule has 1 aliphatic heterocycles. The third-order valence-corrected chi connectivity index (χ3v) is 6.75. The van der Waals surface area contributed by atoms with Gasteiger partial charge in [0.25, 0.3) is 5.91 Å². The molecule has 3 rings (SSSR count). The van der Waals surface area contributed by atoms with Crippen LogP contribution in [-0.2, 0) is 35.5 Å². The lowest BCUT2D eigenvalue weighted by atomic mass is 10.1. The minimum absolute atomic E-state index is 0.00845. The number of methoxy groups -OCH3 is 1. The highest BCUT2D eigenvalue weighted by molar-refractivity contribution is 8.18. The van der Waals surface area contributed by atoms with Crippen LogP contribution in [0.4, 0.5) is 5.69 Å². The van der Waals surface area contributed by atoms with Gasteiger partial charge in [0.2, 0.25) is 10.0 Å². The van der Waals surface area contributed by atoms with E-state index >= 15 is 0 Å². The van der Waals surface area contributed by atoms with Gasteiger partial charge in [-0.2, -0.15) is 0 Å². The van der Waals surface area contributed by atoms with Gasteiger partial charge in [-0.1, -0.05) is 12.1 Å². The van der Waals surface area contributed by atoms with Crippen molar-refractivity contribution in [1.82, 2.24) is 4.90 Å². The summed E-state index contributed by atoms with van der Waals surface area (Å²) in [7, 11) is -2.59. The molecule has 1 saturated heterocycles. The summed E-state index contributed by atoms with van der Waals surface area (Å²) in [4.78, 5) is 42.6. The Morgan fingerprint density at radius 2 is 1.77 bits per heavy atom. The molecule has 0 unspecified atom stereocenters. The molecule has 10 nitrogen and oxygen atoms in total. The van der Waals surface area contributed by atoms with Crippen molar-refractivity contribution in [3.8, 4) is 0 Å². The number of amides is 1. The zero-order chi connectivity index (χ0) is 25.6. The second-order valence-corrected chi connectivity index (χ2v) is 9.76. The lowest BCUT2D eigenvalue weighted by molar-refractivity contribution is -0.135. The summed E-state index contributed by atoms with van der Waals surface area (Å²) >= 11 is 1.02. The molecule has 0 aliphatic carbocycles. The topological polar surface area (TPSA) is 145 Å². The van der Waals surface area contributed by atoms with E-state index in [0.29, 0.717) is 22.8 Å². The highest BCUT2D eigenvalue weighted by atomic mass is 32.2. The Morgan fingerprint density at radius 3 is 2.34 bits per heavy atom. The molecule has 2 aromatic carbocycles. The first kappa shape index (κ1) is 26.1. The molecule has 35 heavy (non-hydrogen) atoms. The Bertz CT molecular complexity index is 1290. The van der Waals surface area contributed by atoms with Crippen LogP contribution in [0, 0.1) is 0 Å². The average molecular weight is 518 g/mol. The Kier molecular flexibility index (Phi) is 8.43. The van der Waals surface area contributed by atoms with Gasteiger partial charge in [-0.05, 0) is 67.1 Å². The third kappa shape index (κ3) is 6.78. The van der Waals surface area contributed by atoms with Crippen molar-refractivity contribution in [3.05, 3.63) is 70.6 Å². The van der Waals surface area contributed by atoms with Crippen LogP contribution in [-0.4, -0.2) is 56.6 Å². The normalized spacial score (nSPS) is 16.1. The summed E-state index contributed by atoms with van der Waals surface area (Å²) in [6.07, 6.45) is 1.50. The van der Waals surface area contributed by atoms with Crippen molar-refractivity contribution in [2.45, 2.75) is 18.2 Å². The van der Waals surface area contributed by atoms with E-state index in [1.165, 1.54) is 24.1 Å². The van der Waals surface area contributed by atoms with Crippen molar-refractivity contribution in [3.63, 3.8) is 0 Å². The molecule has 0 saturated carbocycles. The predicted molar refractivity (Wildman–Crippen MR) is 130 cm³/mol. The van der Waals surface area contributed by atoms with E-state index in [9.17, 15) is 22.8 Å². The number of carbonyl (C=O) groups is 3. The first-order valence-corrected chi connectivity index (χ1v) is 12.8. The van der Waals surface area contributed by atoms with Crippen LogP contribution in [0.3, 0.4) is 0 Å². The second-order valence-electron chi connectivity index (χ2n) is 7.19. The predicted octanol–water partition coefficient (Wildman–Crippen LogP) is 2.37. The van der Waals surface area contributed by atoms with E-state index < -0.39 is 27.9 Å². The number of hydrogen-bond acceptors (Lipinski definition) is 9. The molecule has 184 valence electrons. The molecular weight excluding hydrogens is 494 g/mol. The molecule has 0 atom stereocenters. The number of hydrogen-bond donors (Lipinski definition) is 1. The molecule has 1 fully saturated rings. The van der Waals surface area contributed by atoms with E-state index in [0.717, 1.165) is 23.4 Å². The average Bonchev–Trinajstić information content (AvgIpc) is 3.11. The lowest BCUT2D eigenvalue weighted by Crippen LogP contribution is -2.31. The fourth-order valence-electron chi connectivity index (χ4n) is 3.04. The van der Waals surface area contributed by atoms with Gasteiger partial charge in [0.1, 0.15) is 0 Å². The summed E-state index contributed by atoms with van der Waals surface area (Å²) < 4.78 is 32.5. The van der Waals surface area contributed by atoms with Gasteiger partial charge in [-0.3, -0.25) is 9.69 Å². The minimum atomic E-state index is -3.80. The first-order chi connectivity index (χ1) is 16.6. The van der Waals surface area contributed by atoms with Gasteiger partial charge in [0.15, 0.2) is 5.17 Å². The molecule has 1 heterocycles. The highest BCUT2D eigenvalue weighted by Gasteiger charge is 2.34. The molecule has 1 amide bonds. The van der Waals surface area contributed by atoms with Crippen LogP contribution in [0.1, 0.15) is 22.8 Å². The summed E-state index contributed by atoms with van der Waals surface area (Å²) in [6, 6.07) is 12.4. The van der Waals surface area contributed by atoms with E-state index in [1.807, 2.05) is 0 Å². The van der Waals surface area contributed by atoms with Crippen LogP contribution in [0.25, 0.3) is 0 Å². The number of sulfonamides is 1.